The van der Waals surface area contributed by atoms with Crippen molar-refractivity contribution in [3.63, 3.8) is 0 Å². The molecule has 0 atom stereocenters. The van der Waals surface area contributed by atoms with E-state index in [1.165, 1.54) is 5.56 Å². The number of esters is 1. The number of carbonyl (C=O) groups is 2. The van der Waals surface area contributed by atoms with Crippen molar-refractivity contribution < 1.29 is 14.3 Å². The number of rotatable bonds is 8. The number of halogens is 1. The third-order valence-corrected chi connectivity index (χ3v) is 4.02. The second-order valence-electron chi connectivity index (χ2n) is 4.79. The van der Waals surface area contributed by atoms with Crippen LogP contribution in [-0.4, -0.2) is 17.8 Å². The van der Waals surface area contributed by atoms with Crippen LogP contribution >= 0.6 is 11.6 Å². The zero-order valence-corrected chi connectivity index (χ0v) is 12.8. The summed E-state index contributed by atoms with van der Waals surface area (Å²) < 4.78 is 5.23. The third-order valence-electron chi connectivity index (χ3n) is 3.66. The van der Waals surface area contributed by atoms with Gasteiger partial charge in [-0.1, -0.05) is 44.2 Å². The van der Waals surface area contributed by atoms with E-state index in [1.54, 1.807) is 13.8 Å². The van der Waals surface area contributed by atoms with Crippen molar-refractivity contribution in [2.45, 2.75) is 39.5 Å². The monoisotopic (exact) mass is 296 g/mol. The molecule has 20 heavy (non-hydrogen) atoms. The third kappa shape index (κ3) is 4.07. The molecule has 0 amide bonds. The maximum Gasteiger partial charge on any atom is 0.320 e. The summed E-state index contributed by atoms with van der Waals surface area (Å²) in [5.74, 6) is -0.504. The molecule has 0 saturated carbocycles. The minimum absolute atomic E-state index is 0.305. The molecule has 0 N–H and O–H groups in total. The Morgan fingerprint density at radius 1 is 1.15 bits per heavy atom. The van der Waals surface area contributed by atoms with Crippen molar-refractivity contribution in [2.75, 3.05) is 6.61 Å². The van der Waals surface area contributed by atoms with E-state index in [-0.39, 0.29) is 0 Å². The van der Waals surface area contributed by atoms with Crippen LogP contribution in [0.5, 0.6) is 0 Å². The Morgan fingerprint density at radius 2 is 1.75 bits per heavy atom. The molecule has 0 aromatic heterocycles. The highest BCUT2D eigenvalue weighted by Gasteiger charge is 2.43. The molecule has 0 bridgehead atoms. The smallest absolute Gasteiger partial charge is 0.320 e. The predicted octanol–water partition coefficient (Wildman–Crippen LogP) is 3.73. The summed E-state index contributed by atoms with van der Waals surface area (Å²) in [5, 5.41) is -0.629. The van der Waals surface area contributed by atoms with Crippen LogP contribution in [-0.2, 0) is 20.7 Å². The molecule has 110 valence electrons. The minimum atomic E-state index is -1.19. The SMILES string of the molecule is CCC(CC)(C(=O)Cl)C(=O)OCCCc1ccccc1. The normalized spacial score (nSPS) is 11.2. The van der Waals surface area contributed by atoms with E-state index in [4.69, 9.17) is 16.3 Å². The fraction of sp³-hybridized carbons (Fsp3) is 0.500. The topological polar surface area (TPSA) is 43.4 Å². The van der Waals surface area contributed by atoms with E-state index in [2.05, 4.69) is 0 Å². The summed E-state index contributed by atoms with van der Waals surface area (Å²) in [6.45, 7) is 3.85. The Hall–Kier alpha value is -1.35. The maximum absolute atomic E-state index is 12.1. The van der Waals surface area contributed by atoms with Gasteiger partial charge in [-0.2, -0.15) is 0 Å². The molecule has 1 aromatic rings. The Kier molecular flexibility index (Phi) is 6.73. The van der Waals surface area contributed by atoms with Gasteiger partial charge in [0.25, 0.3) is 0 Å². The average Bonchev–Trinajstić information content (AvgIpc) is 2.46. The number of hydrogen-bond acceptors (Lipinski definition) is 3. The molecule has 0 unspecified atom stereocenters. The lowest BCUT2D eigenvalue weighted by atomic mass is 9.84. The van der Waals surface area contributed by atoms with Crippen LogP contribution in [0.15, 0.2) is 30.3 Å². The predicted molar refractivity (Wildman–Crippen MR) is 79.6 cm³/mol. The van der Waals surface area contributed by atoms with Crippen LogP contribution in [0.2, 0.25) is 0 Å². The van der Waals surface area contributed by atoms with Gasteiger partial charge in [0.05, 0.1) is 6.61 Å². The molecule has 1 rings (SSSR count). The largest absolute Gasteiger partial charge is 0.465 e. The quantitative estimate of drug-likeness (QED) is 0.318. The summed E-state index contributed by atoms with van der Waals surface area (Å²) >= 11 is 5.56. The first-order chi connectivity index (χ1) is 9.56. The lowest BCUT2D eigenvalue weighted by Gasteiger charge is -2.24. The second kappa shape index (κ2) is 8.05. The summed E-state index contributed by atoms with van der Waals surface area (Å²) in [6.07, 6.45) is 2.30. The van der Waals surface area contributed by atoms with Gasteiger partial charge in [0, 0.05) is 0 Å². The van der Waals surface area contributed by atoms with E-state index in [9.17, 15) is 9.59 Å². The maximum atomic E-state index is 12.1. The zero-order valence-electron chi connectivity index (χ0n) is 12.0. The van der Waals surface area contributed by atoms with E-state index >= 15 is 0 Å². The number of carbonyl (C=O) groups excluding carboxylic acids is 2. The van der Waals surface area contributed by atoms with Gasteiger partial charge in [-0.3, -0.25) is 9.59 Å². The molecule has 0 fully saturated rings. The summed E-state index contributed by atoms with van der Waals surface area (Å²) in [5.41, 5.74) is 0.0168. The second-order valence-corrected chi connectivity index (χ2v) is 5.13. The van der Waals surface area contributed by atoms with E-state index < -0.39 is 16.6 Å². The number of benzene rings is 1. The first kappa shape index (κ1) is 16.7. The molecule has 1 aromatic carbocycles. The highest BCUT2D eigenvalue weighted by atomic mass is 35.5. The molecule has 0 aliphatic rings. The lowest BCUT2D eigenvalue weighted by Crippen LogP contribution is -2.37. The van der Waals surface area contributed by atoms with Gasteiger partial charge < -0.3 is 4.74 Å². The van der Waals surface area contributed by atoms with Crippen LogP contribution in [0.3, 0.4) is 0 Å². The van der Waals surface area contributed by atoms with E-state index in [1.807, 2.05) is 30.3 Å². The first-order valence-electron chi connectivity index (χ1n) is 6.98. The van der Waals surface area contributed by atoms with Crippen LogP contribution < -0.4 is 0 Å². The Balaban J connectivity index is 2.44. The summed E-state index contributed by atoms with van der Waals surface area (Å²) in [7, 11) is 0. The van der Waals surface area contributed by atoms with Crippen molar-refractivity contribution in [1.29, 1.82) is 0 Å². The average molecular weight is 297 g/mol. The number of hydrogen-bond donors (Lipinski definition) is 0. The molecule has 4 heteroatoms. The molecule has 0 aliphatic carbocycles. The minimum Gasteiger partial charge on any atom is -0.465 e. The van der Waals surface area contributed by atoms with Crippen LogP contribution in [0, 0.1) is 5.41 Å². The Morgan fingerprint density at radius 3 is 2.25 bits per heavy atom. The summed E-state index contributed by atoms with van der Waals surface area (Å²) in [4.78, 5) is 23.5. The van der Waals surface area contributed by atoms with Gasteiger partial charge in [0.1, 0.15) is 5.41 Å². The number of ether oxygens (including phenoxy) is 1. The van der Waals surface area contributed by atoms with Crippen molar-refractivity contribution in [2.24, 2.45) is 5.41 Å². The van der Waals surface area contributed by atoms with Gasteiger partial charge in [0.15, 0.2) is 0 Å². The molecule has 0 radical (unpaired) electrons. The standard InChI is InChI=1S/C16H21ClO3/c1-3-16(4-2,14(17)18)15(19)20-12-8-11-13-9-6-5-7-10-13/h5-7,9-10H,3-4,8,11-12H2,1-2H3. The fourth-order valence-electron chi connectivity index (χ4n) is 2.12. The Bertz CT molecular complexity index is 438. The van der Waals surface area contributed by atoms with Crippen molar-refractivity contribution >= 4 is 22.8 Å². The van der Waals surface area contributed by atoms with Gasteiger partial charge in [-0.25, -0.2) is 0 Å². The summed E-state index contributed by atoms with van der Waals surface area (Å²) in [6, 6.07) is 9.99. The van der Waals surface area contributed by atoms with Crippen molar-refractivity contribution in [1.82, 2.24) is 0 Å². The van der Waals surface area contributed by atoms with Gasteiger partial charge in [-0.05, 0) is 42.8 Å². The number of aryl methyl sites for hydroxylation is 1. The molecule has 3 nitrogen and oxygen atoms in total. The Labute approximate surface area is 125 Å². The van der Waals surface area contributed by atoms with Crippen molar-refractivity contribution in [3.05, 3.63) is 35.9 Å². The molecule has 0 heterocycles. The van der Waals surface area contributed by atoms with Gasteiger partial charge >= 0.3 is 5.97 Å². The molecule has 0 aliphatic heterocycles. The van der Waals surface area contributed by atoms with E-state index in [0.29, 0.717) is 19.4 Å². The van der Waals surface area contributed by atoms with Gasteiger partial charge in [0.2, 0.25) is 5.24 Å². The van der Waals surface area contributed by atoms with E-state index in [0.717, 1.165) is 12.8 Å². The van der Waals surface area contributed by atoms with Crippen molar-refractivity contribution in [3.8, 4) is 0 Å². The molecule has 0 spiro atoms. The highest BCUT2D eigenvalue weighted by molar-refractivity contribution is 6.66. The molecular formula is C16H21ClO3. The highest BCUT2D eigenvalue weighted by Crippen LogP contribution is 2.31. The van der Waals surface area contributed by atoms with Crippen LogP contribution in [0.1, 0.15) is 38.7 Å². The zero-order chi connectivity index (χ0) is 15.0. The van der Waals surface area contributed by atoms with Gasteiger partial charge in [-0.15, -0.1) is 0 Å². The van der Waals surface area contributed by atoms with Crippen LogP contribution in [0.25, 0.3) is 0 Å². The van der Waals surface area contributed by atoms with Crippen LogP contribution in [0.4, 0.5) is 0 Å². The fourth-order valence-corrected chi connectivity index (χ4v) is 2.47. The first-order valence-corrected chi connectivity index (χ1v) is 7.35. The molecule has 0 saturated heterocycles. The molecular weight excluding hydrogens is 276 g/mol. The lowest BCUT2D eigenvalue weighted by molar-refractivity contribution is -0.159.